The Balaban J connectivity index is 1.85. The lowest BCUT2D eigenvalue weighted by Gasteiger charge is -2.13. The molecule has 0 spiro atoms. The van der Waals surface area contributed by atoms with Gasteiger partial charge in [0.15, 0.2) is 4.34 Å². The van der Waals surface area contributed by atoms with Gasteiger partial charge in [-0.25, -0.2) is 4.98 Å². The second kappa shape index (κ2) is 5.22. The Morgan fingerprint density at radius 1 is 1.37 bits per heavy atom. The molecule has 2 N–H and O–H groups in total. The van der Waals surface area contributed by atoms with Gasteiger partial charge in [-0.1, -0.05) is 11.8 Å². The third kappa shape index (κ3) is 2.59. The molecule has 2 heterocycles. The van der Waals surface area contributed by atoms with Crippen LogP contribution in [-0.4, -0.2) is 21.4 Å². The minimum Gasteiger partial charge on any atom is -0.377 e. The molecule has 1 aromatic carbocycles. The van der Waals surface area contributed by atoms with E-state index < -0.39 is 0 Å². The highest BCUT2D eigenvalue weighted by Gasteiger charge is 2.08. The second-order valence-corrected chi connectivity index (χ2v) is 6.33. The number of hydrogen-bond acceptors (Lipinski definition) is 5. The number of thiazole rings is 1. The Labute approximate surface area is 119 Å². The topological polar surface area (TPSA) is 53.6 Å². The average Bonchev–Trinajstić information content (AvgIpc) is 3.07. The van der Waals surface area contributed by atoms with Crippen LogP contribution in [0.2, 0.25) is 0 Å². The van der Waals surface area contributed by atoms with Gasteiger partial charge in [0.1, 0.15) is 0 Å². The van der Waals surface area contributed by atoms with Gasteiger partial charge in [-0.3, -0.25) is 5.10 Å². The summed E-state index contributed by atoms with van der Waals surface area (Å²) in [5, 5.41) is 10.4. The summed E-state index contributed by atoms with van der Waals surface area (Å²) in [5.74, 6) is 0. The maximum atomic E-state index is 4.54. The van der Waals surface area contributed by atoms with Gasteiger partial charge in [-0.05, 0) is 37.4 Å². The number of anilines is 1. The first kappa shape index (κ1) is 12.5. The van der Waals surface area contributed by atoms with Crippen molar-refractivity contribution in [2.45, 2.75) is 17.3 Å². The van der Waals surface area contributed by atoms with Crippen LogP contribution in [0.1, 0.15) is 18.7 Å². The number of aromatic amines is 1. The van der Waals surface area contributed by atoms with Crippen molar-refractivity contribution in [1.82, 2.24) is 15.2 Å². The molecular weight excluding hydrogens is 276 g/mol. The Bertz CT molecular complexity index is 675. The van der Waals surface area contributed by atoms with Gasteiger partial charge in [-0.15, -0.1) is 11.3 Å². The van der Waals surface area contributed by atoms with Crippen molar-refractivity contribution in [3.8, 4) is 0 Å². The number of rotatable bonds is 4. The number of benzene rings is 1. The normalized spacial score (nSPS) is 12.7. The van der Waals surface area contributed by atoms with Crippen LogP contribution in [0.15, 0.2) is 34.8 Å². The minimum absolute atomic E-state index is 0.202. The minimum atomic E-state index is 0.202. The summed E-state index contributed by atoms with van der Waals surface area (Å²) >= 11 is 3.41. The molecule has 0 saturated heterocycles. The molecule has 0 fully saturated rings. The Kier molecular flexibility index (Phi) is 3.44. The van der Waals surface area contributed by atoms with E-state index in [-0.39, 0.29) is 6.04 Å². The summed E-state index contributed by atoms with van der Waals surface area (Å²) in [4.78, 5) is 4.54. The fourth-order valence-electron chi connectivity index (χ4n) is 1.92. The highest BCUT2D eigenvalue weighted by molar-refractivity contribution is 8.00. The van der Waals surface area contributed by atoms with E-state index in [1.807, 2.05) is 6.07 Å². The molecule has 0 aliphatic rings. The van der Waals surface area contributed by atoms with Gasteiger partial charge in [0, 0.05) is 11.9 Å². The van der Waals surface area contributed by atoms with E-state index >= 15 is 0 Å². The van der Waals surface area contributed by atoms with Crippen molar-refractivity contribution in [3.63, 3.8) is 0 Å². The summed E-state index contributed by atoms with van der Waals surface area (Å²) in [7, 11) is 0. The molecule has 0 radical (unpaired) electrons. The Morgan fingerprint density at radius 2 is 2.26 bits per heavy atom. The first-order valence-corrected chi connectivity index (χ1v) is 8.01. The van der Waals surface area contributed by atoms with Gasteiger partial charge in [0.25, 0.3) is 0 Å². The Morgan fingerprint density at radius 3 is 3.00 bits per heavy atom. The largest absolute Gasteiger partial charge is 0.377 e. The summed E-state index contributed by atoms with van der Waals surface area (Å²) in [6.07, 6.45) is 3.82. The average molecular weight is 290 g/mol. The number of nitrogens with one attached hydrogen (secondary N) is 2. The molecule has 3 rings (SSSR count). The number of nitrogens with zero attached hydrogens (tertiary/aromatic N) is 2. The molecule has 3 aromatic rings. The molecule has 4 nitrogen and oxygen atoms in total. The van der Waals surface area contributed by atoms with E-state index in [9.17, 15) is 0 Å². The number of fused-ring (bicyclic) bond motifs is 1. The predicted octanol–water partition coefficient (Wildman–Crippen LogP) is 3.91. The van der Waals surface area contributed by atoms with E-state index in [0.717, 1.165) is 21.2 Å². The van der Waals surface area contributed by atoms with Crippen molar-refractivity contribution in [2.24, 2.45) is 0 Å². The maximum Gasteiger partial charge on any atom is 0.150 e. The third-order valence-corrected chi connectivity index (χ3v) is 4.92. The zero-order valence-electron chi connectivity index (χ0n) is 10.7. The number of hydrogen-bond donors (Lipinski definition) is 2. The van der Waals surface area contributed by atoms with Crippen LogP contribution in [-0.2, 0) is 0 Å². The predicted molar refractivity (Wildman–Crippen MR) is 82.0 cm³/mol. The lowest BCUT2D eigenvalue weighted by molar-refractivity contribution is 0.826. The molecule has 1 unspecified atom stereocenters. The van der Waals surface area contributed by atoms with Crippen molar-refractivity contribution in [1.29, 1.82) is 0 Å². The van der Waals surface area contributed by atoms with Crippen LogP contribution < -0.4 is 5.32 Å². The van der Waals surface area contributed by atoms with Gasteiger partial charge in [0.2, 0.25) is 0 Å². The molecule has 0 amide bonds. The van der Waals surface area contributed by atoms with Gasteiger partial charge >= 0.3 is 0 Å². The molecule has 0 aliphatic heterocycles. The monoisotopic (exact) mass is 290 g/mol. The van der Waals surface area contributed by atoms with Crippen molar-refractivity contribution < 1.29 is 0 Å². The van der Waals surface area contributed by atoms with Crippen LogP contribution in [0, 0.1) is 0 Å². The number of aromatic nitrogens is 3. The summed E-state index contributed by atoms with van der Waals surface area (Å²) in [6.45, 7) is 2.11. The molecule has 0 aliphatic carbocycles. The standard InChI is InChI=1S/C13H14N4S2/c1-8(10-5-6-14-17-10)15-9-3-4-11-12(7-9)19-13(16-11)18-2/h3-8,15H,1-2H3,(H,14,17). The van der Waals surface area contributed by atoms with Crippen molar-refractivity contribution in [3.05, 3.63) is 36.2 Å². The molecule has 98 valence electrons. The number of thioether (sulfide) groups is 1. The zero-order chi connectivity index (χ0) is 13.2. The van der Waals surface area contributed by atoms with Crippen LogP contribution in [0.25, 0.3) is 10.2 Å². The van der Waals surface area contributed by atoms with Gasteiger partial charge < -0.3 is 5.32 Å². The lowest BCUT2D eigenvalue weighted by Crippen LogP contribution is -2.06. The maximum absolute atomic E-state index is 4.54. The molecule has 2 aromatic heterocycles. The highest BCUT2D eigenvalue weighted by atomic mass is 32.2. The van der Waals surface area contributed by atoms with Crippen molar-refractivity contribution in [2.75, 3.05) is 11.6 Å². The highest BCUT2D eigenvalue weighted by Crippen LogP contribution is 2.30. The van der Waals surface area contributed by atoms with Crippen LogP contribution in [0.4, 0.5) is 5.69 Å². The van der Waals surface area contributed by atoms with E-state index in [1.165, 1.54) is 4.70 Å². The SMILES string of the molecule is CSc1nc2ccc(NC(C)c3ccn[nH]3)cc2s1. The molecule has 0 saturated carbocycles. The molecule has 0 bridgehead atoms. The fraction of sp³-hybridized carbons (Fsp3) is 0.231. The summed E-state index contributed by atoms with van der Waals surface area (Å²) < 4.78 is 2.32. The zero-order valence-corrected chi connectivity index (χ0v) is 12.3. The van der Waals surface area contributed by atoms with Gasteiger partial charge in [0.05, 0.1) is 22.0 Å². The van der Waals surface area contributed by atoms with Crippen LogP contribution >= 0.6 is 23.1 Å². The molecule has 1 atom stereocenters. The fourth-order valence-corrected chi connectivity index (χ4v) is 3.44. The molecule has 19 heavy (non-hydrogen) atoms. The Hall–Kier alpha value is -1.53. The molecule has 6 heteroatoms. The molecular formula is C13H14N4S2. The van der Waals surface area contributed by atoms with Crippen LogP contribution in [0.5, 0.6) is 0 Å². The van der Waals surface area contributed by atoms with Gasteiger partial charge in [-0.2, -0.15) is 5.10 Å². The first-order valence-electron chi connectivity index (χ1n) is 5.96. The first-order chi connectivity index (χ1) is 9.26. The van der Waals surface area contributed by atoms with E-state index in [2.05, 4.69) is 51.9 Å². The summed E-state index contributed by atoms with van der Waals surface area (Å²) in [6, 6.07) is 8.47. The third-order valence-electron chi connectivity index (χ3n) is 2.92. The van der Waals surface area contributed by atoms with E-state index in [0.29, 0.717) is 0 Å². The lowest BCUT2D eigenvalue weighted by atomic mass is 10.2. The van der Waals surface area contributed by atoms with E-state index in [1.54, 1.807) is 29.3 Å². The number of H-pyrrole nitrogens is 1. The van der Waals surface area contributed by atoms with Crippen LogP contribution in [0.3, 0.4) is 0 Å². The quantitative estimate of drug-likeness (QED) is 0.715. The van der Waals surface area contributed by atoms with Crippen molar-refractivity contribution >= 4 is 39.0 Å². The summed E-state index contributed by atoms with van der Waals surface area (Å²) in [5.41, 5.74) is 3.24. The smallest absolute Gasteiger partial charge is 0.150 e. The van der Waals surface area contributed by atoms with E-state index in [4.69, 9.17) is 0 Å². The second-order valence-electron chi connectivity index (χ2n) is 4.24.